The van der Waals surface area contributed by atoms with Gasteiger partial charge in [-0.2, -0.15) is 9.29 Å². The molecule has 0 aromatic carbocycles. The van der Waals surface area contributed by atoms with Gasteiger partial charge in [0.2, 0.25) is 0 Å². The standard InChI is InChI=1S/C52H81N3O18P2/c1-3-5-7-8-9-10-11-12-13-14-15-16-17-18-19-20-21-22-24-30-48(60)71-40-36-68-47(59)29-26-25-28-42-44(58)35-43(57)41(32-31-39(56)27-23-6-4-2)49(61)50(62)45(38-70-75(66,67)73-74(64,65)69-37-40)72-51(42)55-34-33-46(53)54-52(55)63/h5,7,9-10,12-13,15-16,18-19,25-26,31-34,39-45,49-51,56-58,61-62H,3-4,6,8,11,14,17,20-24,27-30,35-38H2,1-2H3,(H,64,65)(H,66,67)(H2,53,54,63)/b7-5-,10-9-,13-12-,16-15-,19-18-,26-25-,32-31+/t39-,40-,41+,42-,43-,44+,45-,49+,50-,51-/m1/s1. The van der Waals surface area contributed by atoms with Crippen LogP contribution in [0, 0.1) is 11.8 Å². The second-order valence-electron chi connectivity index (χ2n) is 18.3. The first-order valence-corrected chi connectivity index (χ1v) is 28.8. The van der Waals surface area contributed by atoms with E-state index < -0.39 is 127 Å². The van der Waals surface area contributed by atoms with Crippen LogP contribution in [0.15, 0.2) is 102 Å². The van der Waals surface area contributed by atoms with Crippen LogP contribution in [0.2, 0.25) is 0 Å². The number of aliphatic hydroxyl groups is 5. The SMILES string of the molecule is CC/C=C\C/C=C\C/C=C\C/C=C\C/C=C\CCCCCC(=O)O[C@@H]1COC(=O)C/C=C\C[C@H]2[C@H](n3ccc(N)nc3=O)O[C@H](COP(=O)(O)OP(=O)(O)OC1)[C@@H](O)[C@@H](O)[C@@H](/C=C/[C@H](O)CCCCC)[C@H](O)C[C@@H]2O. The van der Waals surface area contributed by atoms with Crippen molar-refractivity contribution in [3.05, 3.63) is 108 Å². The molecular formula is C52H81N3O18P2. The number of rotatable bonds is 23. The summed E-state index contributed by atoms with van der Waals surface area (Å²) in [4.78, 5) is 64.2. The highest BCUT2D eigenvalue weighted by Gasteiger charge is 2.45. The van der Waals surface area contributed by atoms with Crippen LogP contribution in [0.3, 0.4) is 0 Å². The summed E-state index contributed by atoms with van der Waals surface area (Å²) in [5.74, 6) is -4.50. The number of nitrogens with zero attached hydrogens (tertiary/aromatic N) is 2. The molecule has 1 aromatic rings. The Bertz CT molecular complexity index is 2210. The van der Waals surface area contributed by atoms with Crippen LogP contribution in [0.1, 0.15) is 129 Å². The van der Waals surface area contributed by atoms with Gasteiger partial charge in [-0.25, -0.2) is 13.9 Å². The number of fused-ring (bicyclic) bond motifs is 3. The number of phosphoric ester groups is 2. The van der Waals surface area contributed by atoms with E-state index >= 15 is 0 Å². The molecule has 3 rings (SSSR count). The van der Waals surface area contributed by atoms with Gasteiger partial charge in [-0.15, -0.1) is 0 Å². The number of phosphoric acid groups is 2. The number of aliphatic hydroxyl groups excluding tert-OH is 5. The third-order valence-corrected chi connectivity index (χ3v) is 14.6. The van der Waals surface area contributed by atoms with Gasteiger partial charge in [-0.3, -0.25) is 23.2 Å². The van der Waals surface area contributed by atoms with Crippen molar-refractivity contribution < 1.29 is 81.6 Å². The number of nitrogen functional groups attached to an aromatic ring is 1. The van der Waals surface area contributed by atoms with Gasteiger partial charge in [0.15, 0.2) is 6.10 Å². The van der Waals surface area contributed by atoms with Gasteiger partial charge < -0.3 is 55.3 Å². The molecule has 3 heterocycles. The quantitative estimate of drug-likeness (QED) is 0.0236. The van der Waals surface area contributed by atoms with Gasteiger partial charge in [-0.1, -0.05) is 125 Å². The number of carbonyl (C=O) groups is 2. The maximum absolute atomic E-state index is 13.3. The number of carbonyl (C=O) groups excluding carboxylic acids is 2. The summed E-state index contributed by atoms with van der Waals surface area (Å²) >= 11 is 0. The molecule has 0 radical (unpaired) electrons. The van der Waals surface area contributed by atoms with Crippen LogP contribution in [0.4, 0.5) is 5.82 Å². The molecule has 9 N–H and O–H groups in total. The average molecular weight is 1100 g/mol. The van der Waals surface area contributed by atoms with Crippen molar-refractivity contribution in [2.24, 2.45) is 11.8 Å². The molecule has 12 atom stereocenters. The van der Waals surface area contributed by atoms with E-state index in [1.165, 1.54) is 30.4 Å². The summed E-state index contributed by atoms with van der Waals surface area (Å²) in [6, 6.07) is 1.22. The second kappa shape index (κ2) is 36.0. The molecule has 422 valence electrons. The predicted molar refractivity (Wildman–Crippen MR) is 281 cm³/mol. The third kappa shape index (κ3) is 26.6. The fourth-order valence-corrected chi connectivity index (χ4v) is 10.1. The fraction of sp³-hybridized carbons (Fsp3) is 0.615. The van der Waals surface area contributed by atoms with Crippen LogP contribution in [-0.4, -0.2) is 119 Å². The van der Waals surface area contributed by atoms with Crippen molar-refractivity contribution in [3.63, 3.8) is 0 Å². The minimum Gasteiger partial charge on any atom is -0.461 e. The van der Waals surface area contributed by atoms with E-state index in [0.717, 1.165) is 68.6 Å². The van der Waals surface area contributed by atoms with E-state index in [4.69, 9.17) is 29.0 Å². The lowest BCUT2D eigenvalue weighted by molar-refractivity contribution is -0.194. The lowest BCUT2D eigenvalue weighted by atomic mass is 9.82. The lowest BCUT2D eigenvalue weighted by Crippen LogP contribution is -2.52. The highest BCUT2D eigenvalue weighted by molar-refractivity contribution is 7.61. The van der Waals surface area contributed by atoms with Crippen LogP contribution in [-0.2, 0) is 46.3 Å². The zero-order valence-electron chi connectivity index (χ0n) is 43.1. The molecule has 75 heavy (non-hydrogen) atoms. The second-order valence-corrected chi connectivity index (χ2v) is 21.3. The molecule has 2 aliphatic heterocycles. The van der Waals surface area contributed by atoms with Gasteiger partial charge >= 0.3 is 33.3 Å². The highest BCUT2D eigenvalue weighted by atomic mass is 31.3. The Labute approximate surface area is 440 Å². The summed E-state index contributed by atoms with van der Waals surface area (Å²) in [7, 11) is -11.3. The van der Waals surface area contributed by atoms with Crippen molar-refractivity contribution in [3.8, 4) is 0 Å². The number of nitrogens with two attached hydrogens (primary N) is 1. The smallest absolute Gasteiger partial charge is 0.461 e. The average Bonchev–Trinajstić information content (AvgIpc) is 3.35. The van der Waals surface area contributed by atoms with E-state index in [1.54, 1.807) is 0 Å². The number of ether oxygens (including phenoxy) is 3. The Kier molecular flexibility index (Phi) is 31.3. The molecule has 1 saturated heterocycles. The molecule has 1 aromatic heterocycles. The van der Waals surface area contributed by atoms with E-state index in [0.29, 0.717) is 25.7 Å². The number of hydrogen-bond donors (Lipinski definition) is 8. The van der Waals surface area contributed by atoms with E-state index in [2.05, 4.69) is 77.0 Å². The number of hydrogen-bond acceptors (Lipinski definition) is 18. The zero-order chi connectivity index (χ0) is 55.1. The molecule has 0 saturated carbocycles. The van der Waals surface area contributed by atoms with Crippen LogP contribution in [0.5, 0.6) is 0 Å². The number of cyclic esters (lactones) is 1. The van der Waals surface area contributed by atoms with Gasteiger partial charge in [0.05, 0.1) is 44.1 Å². The molecule has 2 unspecified atom stereocenters. The molecule has 1 fully saturated rings. The number of anilines is 1. The molecule has 23 heteroatoms. The minimum absolute atomic E-state index is 0.0583. The van der Waals surface area contributed by atoms with Crippen LogP contribution in [0.25, 0.3) is 0 Å². The maximum Gasteiger partial charge on any atom is 0.481 e. The fourth-order valence-electron chi connectivity index (χ4n) is 7.94. The topological polar surface area (TPSA) is 326 Å². The summed E-state index contributed by atoms with van der Waals surface area (Å²) in [5.41, 5.74) is 4.73. The zero-order valence-corrected chi connectivity index (χ0v) is 44.9. The van der Waals surface area contributed by atoms with Gasteiger partial charge in [0, 0.05) is 30.9 Å². The molecule has 0 amide bonds. The first-order valence-electron chi connectivity index (χ1n) is 25.9. The van der Waals surface area contributed by atoms with E-state index in [9.17, 15) is 58.8 Å². The Morgan fingerprint density at radius 3 is 2.11 bits per heavy atom. The van der Waals surface area contributed by atoms with Gasteiger partial charge in [0.1, 0.15) is 30.9 Å². The first-order chi connectivity index (χ1) is 35.9. The van der Waals surface area contributed by atoms with E-state index in [1.807, 2.05) is 6.92 Å². The molecule has 2 aliphatic rings. The van der Waals surface area contributed by atoms with Crippen LogP contribution < -0.4 is 11.4 Å². The molecule has 0 aliphatic carbocycles. The lowest BCUT2D eigenvalue weighted by Gasteiger charge is -2.40. The first kappa shape index (κ1) is 65.1. The molecular weight excluding hydrogens is 1020 g/mol. The number of esters is 2. The van der Waals surface area contributed by atoms with Crippen molar-refractivity contribution >= 4 is 33.4 Å². The highest BCUT2D eigenvalue weighted by Crippen LogP contribution is 2.60. The number of allylic oxidation sites excluding steroid dienone is 11. The van der Waals surface area contributed by atoms with Gasteiger partial charge in [-0.05, 0) is 70.3 Å². The van der Waals surface area contributed by atoms with Crippen molar-refractivity contribution in [1.82, 2.24) is 9.55 Å². The maximum atomic E-state index is 13.3. The number of aromatic nitrogens is 2. The van der Waals surface area contributed by atoms with Crippen molar-refractivity contribution in [2.75, 3.05) is 25.6 Å². The van der Waals surface area contributed by atoms with Crippen molar-refractivity contribution in [1.29, 1.82) is 0 Å². The summed E-state index contributed by atoms with van der Waals surface area (Å²) < 4.78 is 58.7. The Morgan fingerprint density at radius 2 is 1.47 bits per heavy atom. The minimum atomic E-state index is -5.71. The Balaban J connectivity index is 1.75. The van der Waals surface area contributed by atoms with Crippen LogP contribution >= 0.6 is 15.6 Å². The van der Waals surface area contributed by atoms with Crippen molar-refractivity contribution in [2.45, 2.75) is 172 Å². The third-order valence-electron chi connectivity index (χ3n) is 12.0. The summed E-state index contributed by atoms with van der Waals surface area (Å²) in [6.07, 6.45) is 22.9. The Morgan fingerprint density at radius 1 is 0.827 bits per heavy atom. The largest absolute Gasteiger partial charge is 0.481 e. The van der Waals surface area contributed by atoms with E-state index in [-0.39, 0.29) is 18.7 Å². The normalized spacial score (nSPS) is 30.3. The summed E-state index contributed by atoms with van der Waals surface area (Å²) in [6.45, 7) is 1.25. The number of unbranched alkanes of at least 4 members (excludes halogenated alkanes) is 5. The molecule has 2 bridgehead atoms. The molecule has 0 spiro atoms. The van der Waals surface area contributed by atoms with Gasteiger partial charge in [0.25, 0.3) is 0 Å². The monoisotopic (exact) mass is 1100 g/mol. The predicted octanol–water partition coefficient (Wildman–Crippen LogP) is 7.04. The summed E-state index contributed by atoms with van der Waals surface area (Å²) in [5, 5.41) is 57.3. The molecule has 21 nitrogen and oxygen atoms in total. The Hall–Kier alpha value is -4.18.